The van der Waals surface area contributed by atoms with Crippen molar-refractivity contribution in [3.05, 3.63) is 38.3 Å². The molecule has 0 aromatic heterocycles. The van der Waals surface area contributed by atoms with Crippen LogP contribution in [0.5, 0.6) is 0 Å². The molecule has 64 valence electrons. The minimum atomic E-state index is 0.974. The van der Waals surface area contributed by atoms with Crippen molar-refractivity contribution in [2.45, 2.75) is 13.8 Å². The van der Waals surface area contributed by atoms with Gasteiger partial charge in [0, 0.05) is 0 Å². The number of aryl methyl sites for hydroxylation is 2. The van der Waals surface area contributed by atoms with Crippen molar-refractivity contribution in [3.8, 4) is 0 Å². The van der Waals surface area contributed by atoms with Crippen molar-refractivity contribution in [2.24, 2.45) is 0 Å². The Labute approximate surface area is 89.9 Å². The molecular formula is C10H10Br2. The fraction of sp³-hybridized carbons (Fsp3) is 0.200. The second-order valence-electron chi connectivity index (χ2n) is 2.79. The lowest BCUT2D eigenvalue weighted by atomic mass is 10.1. The van der Waals surface area contributed by atoms with E-state index < -0.39 is 0 Å². The van der Waals surface area contributed by atoms with Gasteiger partial charge in [0.15, 0.2) is 0 Å². The van der Waals surface area contributed by atoms with E-state index in [9.17, 15) is 0 Å². The number of rotatable bonds is 1. The van der Waals surface area contributed by atoms with Gasteiger partial charge in [-0.1, -0.05) is 23.8 Å². The van der Waals surface area contributed by atoms with E-state index in [0.717, 1.165) is 3.39 Å². The maximum absolute atomic E-state index is 3.34. The van der Waals surface area contributed by atoms with E-state index >= 15 is 0 Å². The first-order valence-corrected chi connectivity index (χ1v) is 5.28. The number of halogens is 2. The summed E-state index contributed by atoms with van der Waals surface area (Å²) in [5.41, 5.74) is 3.84. The largest absolute Gasteiger partial charge is 0.0610 e. The van der Waals surface area contributed by atoms with Gasteiger partial charge in [0.25, 0.3) is 0 Å². The van der Waals surface area contributed by atoms with Crippen molar-refractivity contribution in [2.75, 3.05) is 0 Å². The van der Waals surface area contributed by atoms with E-state index in [0.29, 0.717) is 0 Å². The molecule has 0 nitrogen and oxygen atoms in total. The summed E-state index contributed by atoms with van der Waals surface area (Å²) in [6, 6.07) is 6.41. The van der Waals surface area contributed by atoms with Gasteiger partial charge in [-0.3, -0.25) is 0 Å². The van der Waals surface area contributed by atoms with Crippen LogP contribution in [0, 0.1) is 13.8 Å². The summed E-state index contributed by atoms with van der Waals surface area (Å²) < 4.78 is 0.974. The maximum Gasteiger partial charge on any atom is 0.0610 e. The minimum Gasteiger partial charge on any atom is -0.0587 e. The molecule has 2 heteroatoms. The van der Waals surface area contributed by atoms with Crippen LogP contribution >= 0.6 is 31.9 Å². The fourth-order valence-corrected chi connectivity index (χ4v) is 1.60. The zero-order chi connectivity index (χ0) is 9.14. The molecule has 0 aliphatic rings. The highest BCUT2D eigenvalue weighted by Gasteiger charge is 1.94. The maximum atomic E-state index is 3.34. The monoisotopic (exact) mass is 288 g/mol. The molecule has 0 bridgehead atoms. The number of benzene rings is 1. The molecule has 1 aromatic rings. The quantitative estimate of drug-likeness (QED) is 0.719. The standard InChI is InChI=1S/C10H10Br2/c1-7-3-4-9(6-10(11)12)8(2)5-7/h3-6H,1-2H3. The first-order chi connectivity index (χ1) is 5.59. The van der Waals surface area contributed by atoms with E-state index in [2.05, 4.69) is 70.0 Å². The molecule has 0 saturated heterocycles. The molecule has 0 saturated carbocycles. The smallest absolute Gasteiger partial charge is 0.0587 e. The van der Waals surface area contributed by atoms with Gasteiger partial charge < -0.3 is 0 Å². The third kappa shape index (κ3) is 2.76. The molecular weight excluding hydrogens is 280 g/mol. The Morgan fingerprint density at radius 1 is 1.25 bits per heavy atom. The van der Waals surface area contributed by atoms with Gasteiger partial charge in [0.1, 0.15) is 0 Å². The van der Waals surface area contributed by atoms with Gasteiger partial charge in [-0.25, -0.2) is 0 Å². The molecule has 0 spiro atoms. The molecule has 0 aliphatic heterocycles. The Kier molecular flexibility index (Phi) is 3.53. The Morgan fingerprint density at radius 2 is 1.92 bits per heavy atom. The average molecular weight is 290 g/mol. The highest BCUT2D eigenvalue weighted by molar-refractivity contribution is 9.28. The SMILES string of the molecule is Cc1ccc(C=C(Br)Br)c(C)c1. The van der Waals surface area contributed by atoms with Crippen molar-refractivity contribution < 1.29 is 0 Å². The number of hydrogen-bond acceptors (Lipinski definition) is 0. The Hall–Kier alpha value is -0.0800. The Balaban J connectivity index is 3.10. The highest BCUT2D eigenvalue weighted by Crippen LogP contribution is 2.20. The van der Waals surface area contributed by atoms with E-state index in [1.54, 1.807) is 0 Å². The zero-order valence-corrected chi connectivity index (χ0v) is 10.2. The van der Waals surface area contributed by atoms with Crippen LogP contribution in [0.25, 0.3) is 6.08 Å². The molecule has 0 radical (unpaired) electrons. The van der Waals surface area contributed by atoms with Gasteiger partial charge in [0.05, 0.1) is 3.39 Å². The predicted octanol–water partition coefficient (Wildman–Crippen LogP) is 4.39. The van der Waals surface area contributed by atoms with Crippen molar-refractivity contribution >= 4 is 37.9 Å². The summed E-state index contributed by atoms with van der Waals surface area (Å²) in [4.78, 5) is 0. The average Bonchev–Trinajstić information content (AvgIpc) is 1.94. The summed E-state index contributed by atoms with van der Waals surface area (Å²) in [7, 11) is 0. The highest BCUT2D eigenvalue weighted by atomic mass is 79.9. The summed E-state index contributed by atoms with van der Waals surface area (Å²) in [5, 5.41) is 0. The molecule has 0 atom stereocenters. The lowest BCUT2D eigenvalue weighted by Crippen LogP contribution is -1.81. The minimum absolute atomic E-state index is 0.974. The van der Waals surface area contributed by atoms with Crippen LogP contribution < -0.4 is 0 Å². The first kappa shape index (κ1) is 10.0. The molecule has 0 unspecified atom stereocenters. The van der Waals surface area contributed by atoms with Crippen LogP contribution in [0.3, 0.4) is 0 Å². The van der Waals surface area contributed by atoms with E-state index in [-0.39, 0.29) is 0 Å². The molecule has 12 heavy (non-hydrogen) atoms. The van der Waals surface area contributed by atoms with E-state index in [1.165, 1.54) is 16.7 Å². The summed E-state index contributed by atoms with van der Waals surface area (Å²) in [5.74, 6) is 0. The third-order valence-corrected chi connectivity index (χ3v) is 2.15. The number of hydrogen-bond donors (Lipinski definition) is 0. The van der Waals surface area contributed by atoms with Gasteiger partial charge >= 0.3 is 0 Å². The van der Waals surface area contributed by atoms with Crippen LogP contribution in [0.2, 0.25) is 0 Å². The summed E-state index contributed by atoms with van der Waals surface area (Å²) in [6.45, 7) is 4.21. The van der Waals surface area contributed by atoms with Crippen molar-refractivity contribution in [1.82, 2.24) is 0 Å². The summed E-state index contributed by atoms with van der Waals surface area (Å²) >= 11 is 6.68. The first-order valence-electron chi connectivity index (χ1n) is 3.69. The van der Waals surface area contributed by atoms with E-state index in [4.69, 9.17) is 0 Å². The van der Waals surface area contributed by atoms with Gasteiger partial charge in [-0.2, -0.15) is 0 Å². The van der Waals surface area contributed by atoms with Crippen LogP contribution in [0.4, 0.5) is 0 Å². The van der Waals surface area contributed by atoms with Gasteiger partial charge in [-0.05, 0) is 62.9 Å². The fourth-order valence-electron chi connectivity index (χ4n) is 1.11. The molecule has 0 N–H and O–H groups in total. The lowest BCUT2D eigenvalue weighted by molar-refractivity contribution is 1.37. The third-order valence-electron chi connectivity index (χ3n) is 1.69. The molecule has 0 fully saturated rings. The van der Waals surface area contributed by atoms with Crippen molar-refractivity contribution in [1.29, 1.82) is 0 Å². The van der Waals surface area contributed by atoms with Crippen LogP contribution in [0.15, 0.2) is 21.6 Å². The van der Waals surface area contributed by atoms with Gasteiger partial charge in [0.2, 0.25) is 0 Å². The van der Waals surface area contributed by atoms with Crippen LogP contribution in [0.1, 0.15) is 16.7 Å². The van der Waals surface area contributed by atoms with Crippen molar-refractivity contribution in [3.63, 3.8) is 0 Å². The lowest BCUT2D eigenvalue weighted by Gasteiger charge is -2.01. The molecule has 0 amide bonds. The second kappa shape index (κ2) is 4.24. The second-order valence-corrected chi connectivity index (χ2v) is 5.57. The summed E-state index contributed by atoms with van der Waals surface area (Å²) in [6.07, 6.45) is 2.05. The van der Waals surface area contributed by atoms with Crippen LogP contribution in [-0.4, -0.2) is 0 Å². The zero-order valence-electron chi connectivity index (χ0n) is 7.07. The molecule has 0 heterocycles. The molecule has 1 rings (SSSR count). The molecule has 1 aromatic carbocycles. The normalized spacial score (nSPS) is 9.67. The van der Waals surface area contributed by atoms with Gasteiger partial charge in [-0.15, -0.1) is 0 Å². The molecule has 0 aliphatic carbocycles. The Morgan fingerprint density at radius 3 is 2.42 bits per heavy atom. The topological polar surface area (TPSA) is 0 Å². The van der Waals surface area contributed by atoms with Crippen LogP contribution in [-0.2, 0) is 0 Å². The van der Waals surface area contributed by atoms with E-state index in [1.807, 2.05) is 0 Å². The Bertz CT molecular complexity index is 310. The predicted molar refractivity (Wildman–Crippen MR) is 61.7 cm³/mol.